The van der Waals surface area contributed by atoms with E-state index in [1.807, 2.05) is 42.5 Å². The van der Waals surface area contributed by atoms with Crippen molar-refractivity contribution < 1.29 is 8.81 Å². The molecule has 0 fully saturated rings. The molecular formula is C15H10BrFO. The highest BCUT2D eigenvalue weighted by Crippen LogP contribution is 2.28. The summed E-state index contributed by atoms with van der Waals surface area (Å²) in [7, 11) is 0. The number of halogens is 2. The van der Waals surface area contributed by atoms with Crippen LogP contribution in [0.15, 0.2) is 57.4 Å². The number of furan rings is 1. The maximum atomic E-state index is 13.8. The van der Waals surface area contributed by atoms with Gasteiger partial charge in [-0.05, 0) is 39.7 Å². The summed E-state index contributed by atoms with van der Waals surface area (Å²) >= 11 is 3.16. The van der Waals surface area contributed by atoms with Gasteiger partial charge in [0.15, 0.2) is 11.4 Å². The Labute approximate surface area is 112 Å². The predicted octanol–water partition coefficient (Wildman–Crippen LogP) is 4.93. The van der Waals surface area contributed by atoms with Gasteiger partial charge in [-0.15, -0.1) is 0 Å². The van der Waals surface area contributed by atoms with E-state index in [4.69, 9.17) is 4.42 Å². The van der Waals surface area contributed by atoms with E-state index in [-0.39, 0.29) is 5.82 Å². The zero-order valence-electron chi connectivity index (χ0n) is 9.49. The molecule has 3 heteroatoms. The van der Waals surface area contributed by atoms with E-state index in [1.54, 1.807) is 6.07 Å². The van der Waals surface area contributed by atoms with Crippen LogP contribution in [0.5, 0.6) is 0 Å². The van der Waals surface area contributed by atoms with Gasteiger partial charge in [-0.3, -0.25) is 0 Å². The third-order valence-corrected chi connectivity index (χ3v) is 3.46. The van der Waals surface area contributed by atoms with Gasteiger partial charge in [0.05, 0.1) is 4.47 Å². The fourth-order valence-corrected chi connectivity index (χ4v) is 2.29. The van der Waals surface area contributed by atoms with Crippen LogP contribution < -0.4 is 0 Å². The van der Waals surface area contributed by atoms with Gasteiger partial charge in [-0.2, -0.15) is 0 Å². The molecule has 0 saturated heterocycles. The first-order valence-electron chi connectivity index (χ1n) is 5.64. The van der Waals surface area contributed by atoms with Crippen molar-refractivity contribution >= 4 is 26.9 Å². The van der Waals surface area contributed by atoms with Crippen LogP contribution in [-0.4, -0.2) is 0 Å². The van der Waals surface area contributed by atoms with E-state index >= 15 is 0 Å². The van der Waals surface area contributed by atoms with Crippen molar-refractivity contribution in [3.05, 3.63) is 70.1 Å². The fraction of sp³-hybridized carbons (Fsp3) is 0.0667. The lowest BCUT2D eigenvalue weighted by molar-refractivity contribution is 0.526. The summed E-state index contributed by atoms with van der Waals surface area (Å²) in [6.07, 6.45) is 0.673. The van der Waals surface area contributed by atoms with E-state index in [2.05, 4.69) is 15.9 Å². The molecule has 0 radical (unpaired) electrons. The topological polar surface area (TPSA) is 13.1 Å². The second-order valence-corrected chi connectivity index (χ2v) is 5.01. The lowest BCUT2D eigenvalue weighted by atomic mass is 10.1. The number of rotatable bonds is 2. The SMILES string of the molecule is Fc1c(Br)ccc2cc(Cc3ccccc3)oc12. The van der Waals surface area contributed by atoms with Crippen molar-refractivity contribution in [2.24, 2.45) is 0 Å². The molecule has 0 bridgehead atoms. The van der Waals surface area contributed by atoms with Crippen LogP contribution in [0.4, 0.5) is 4.39 Å². The highest BCUT2D eigenvalue weighted by atomic mass is 79.9. The van der Waals surface area contributed by atoms with Crippen LogP contribution in [0.2, 0.25) is 0 Å². The highest BCUT2D eigenvalue weighted by Gasteiger charge is 2.11. The zero-order valence-corrected chi connectivity index (χ0v) is 11.1. The molecule has 3 rings (SSSR count). The van der Waals surface area contributed by atoms with Gasteiger partial charge in [-0.1, -0.05) is 30.3 Å². The fourth-order valence-electron chi connectivity index (χ4n) is 1.98. The van der Waals surface area contributed by atoms with Crippen molar-refractivity contribution in [2.75, 3.05) is 0 Å². The molecule has 0 aliphatic heterocycles. The Kier molecular flexibility index (Phi) is 2.92. The van der Waals surface area contributed by atoms with Crippen molar-refractivity contribution in [1.29, 1.82) is 0 Å². The van der Waals surface area contributed by atoms with Crippen LogP contribution >= 0.6 is 15.9 Å². The highest BCUT2D eigenvalue weighted by molar-refractivity contribution is 9.10. The van der Waals surface area contributed by atoms with Crippen LogP contribution in [0.3, 0.4) is 0 Å². The van der Waals surface area contributed by atoms with Crippen molar-refractivity contribution in [3.63, 3.8) is 0 Å². The monoisotopic (exact) mass is 304 g/mol. The molecule has 1 heterocycles. The number of fused-ring (bicyclic) bond motifs is 1. The zero-order chi connectivity index (χ0) is 12.5. The summed E-state index contributed by atoms with van der Waals surface area (Å²) in [5, 5.41) is 0.793. The van der Waals surface area contributed by atoms with Crippen LogP contribution in [0.25, 0.3) is 11.0 Å². The average Bonchev–Trinajstić information content (AvgIpc) is 2.79. The van der Waals surface area contributed by atoms with Crippen LogP contribution in [0.1, 0.15) is 11.3 Å². The average molecular weight is 305 g/mol. The van der Waals surface area contributed by atoms with Gasteiger partial charge in [0.1, 0.15) is 5.76 Å². The molecule has 0 aliphatic carbocycles. The first-order valence-corrected chi connectivity index (χ1v) is 6.44. The minimum atomic E-state index is -0.341. The summed E-state index contributed by atoms with van der Waals surface area (Å²) in [5.74, 6) is 0.431. The summed E-state index contributed by atoms with van der Waals surface area (Å²) in [6, 6.07) is 15.4. The van der Waals surface area contributed by atoms with E-state index in [9.17, 15) is 4.39 Å². The molecule has 0 amide bonds. The van der Waals surface area contributed by atoms with Crippen LogP contribution in [0, 0.1) is 5.82 Å². The second-order valence-electron chi connectivity index (χ2n) is 4.15. The molecule has 2 aromatic carbocycles. The third kappa shape index (κ3) is 2.06. The Bertz CT molecular complexity index is 688. The van der Waals surface area contributed by atoms with Crippen molar-refractivity contribution in [3.8, 4) is 0 Å². The predicted molar refractivity (Wildman–Crippen MR) is 73.1 cm³/mol. The normalized spacial score (nSPS) is 11.0. The molecule has 1 aromatic heterocycles. The minimum Gasteiger partial charge on any atom is -0.458 e. The molecule has 0 N–H and O–H groups in total. The Balaban J connectivity index is 2.02. The van der Waals surface area contributed by atoms with E-state index in [0.29, 0.717) is 16.5 Å². The molecule has 18 heavy (non-hydrogen) atoms. The first-order chi connectivity index (χ1) is 8.74. The van der Waals surface area contributed by atoms with Gasteiger partial charge < -0.3 is 4.42 Å². The van der Waals surface area contributed by atoms with E-state index in [1.165, 1.54) is 0 Å². The molecule has 90 valence electrons. The second kappa shape index (κ2) is 4.58. The minimum absolute atomic E-state index is 0.315. The van der Waals surface area contributed by atoms with Gasteiger partial charge in [0.25, 0.3) is 0 Å². The van der Waals surface area contributed by atoms with Gasteiger partial charge in [0.2, 0.25) is 0 Å². The molecule has 0 atom stereocenters. The van der Waals surface area contributed by atoms with Crippen molar-refractivity contribution in [2.45, 2.75) is 6.42 Å². The summed E-state index contributed by atoms with van der Waals surface area (Å²) < 4.78 is 19.8. The molecular weight excluding hydrogens is 295 g/mol. The number of hydrogen-bond donors (Lipinski definition) is 0. The van der Waals surface area contributed by atoms with Crippen molar-refractivity contribution in [1.82, 2.24) is 0 Å². The molecule has 0 saturated carbocycles. The van der Waals surface area contributed by atoms with Crippen LogP contribution in [-0.2, 0) is 6.42 Å². The summed E-state index contributed by atoms with van der Waals surface area (Å²) in [6.45, 7) is 0. The third-order valence-electron chi connectivity index (χ3n) is 2.85. The maximum absolute atomic E-state index is 13.8. The largest absolute Gasteiger partial charge is 0.458 e. The first kappa shape index (κ1) is 11.5. The lowest BCUT2D eigenvalue weighted by Gasteiger charge is -1.96. The maximum Gasteiger partial charge on any atom is 0.180 e. The quantitative estimate of drug-likeness (QED) is 0.654. The number of benzene rings is 2. The Hall–Kier alpha value is -1.61. The molecule has 1 nitrogen and oxygen atoms in total. The van der Waals surface area contributed by atoms with Gasteiger partial charge in [0, 0.05) is 11.8 Å². The molecule has 0 spiro atoms. The molecule has 3 aromatic rings. The smallest absolute Gasteiger partial charge is 0.180 e. The standard InChI is InChI=1S/C15H10BrFO/c16-13-7-6-11-9-12(18-15(11)14(13)17)8-10-4-2-1-3-5-10/h1-7,9H,8H2. The Morgan fingerprint density at radius 1 is 1.06 bits per heavy atom. The number of hydrogen-bond acceptors (Lipinski definition) is 1. The molecule has 0 unspecified atom stereocenters. The van der Waals surface area contributed by atoms with Gasteiger partial charge >= 0.3 is 0 Å². The molecule has 0 aliphatic rings. The van der Waals surface area contributed by atoms with E-state index < -0.39 is 0 Å². The lowest BCUT2D eigenvalue weighted by Crippen LogP contribution is -1.83. The summed E-state index contributed by atoms with van der Waals surface area (Å²) in [4.78, 5) is 0. The Morgan fingerprint density at radius 2 is 1.83 bits per heavy atom. The Morgan fingerprint density at radius 3 is 2.61 bits per heavy atom. The van der Waals surface area contributed by atoms with E-state index in [0.717, 1.165) is 16.7 Å². The summed E-state index contributed by atoms with van der Waals surface area (Å²) in [5.41, 5.74) is 1.46. The van der Waals surface area contributed by atoms with Gasteiger partial charge in [-0.25, -0.2) is 4.39 Å².